The van der Waals surface area contributed by atoms with Gasteiger partial charge in [0.2, 0.25) is 5.91 Å². The van der Waals surface area contributed by atoms with Crippen molar-refractivity contribution in [2.75, 3.05) is 13.1 Å². The van der Waals surface area contributed by atoms with E-state index in [1.807, 2.05) is 42.4 Å². The third-order valence-corrected chi connectivity index (χ3v) is 4.17. The molecule has 1 aromatic carbocycles. The number of aryl methyl sites for hydroxylation is 2. The van der Waals surface area contributed by atoms with Crippen LogP contribution in [-0.4, -0.2) is 33.4 Å². The van der Waals surface area contributed by atoms with Gasteiger partial charge in [0.1, 0.15) is 5.82 Å². The van der Waals surface area contributed by atoms with Crippen LogP contribution in [0.2, 0.25) is 0 Å². The van der Waals surface area contributed by atoms with Crippen molar-refractivity contribution in [3.05, 3.63) is 54.1 Å². The summed E-state index contributed by atoms with van der Waals surface area (Å²) < 4.78 is 2.16. The first-order chi connectivity index (χ1) is 10.2. The Bertz CT molecular complexity index is 600. The molecule has 1 aliphatic rings. The number of nitrogens with zero attached hydrogens (tertiary/aromatic N) is 3. The van der Waals surface area contributed by atoms with E-state index in [0.29, 0.717) is 12.5 Å². The SMILES string of the molecule is Cc1nccn1C1CN(C(=O)CCCc2ccccc2)C1. The zero-order valence-corrected chi connectivity index (χ0v) is 12.4. The number of hydrogen-bond donors (Lipinski definition) is 0. The highest BCUT2D eigenvalue weighted by Gasteiger charge is 2.31. The number of carbonyl (C=O) groups is 1. The summed E-state index contributed by atoms with van der Waals surface area (Å²) in [5, 5.41) is 0. The molecule has 1 aromatic heterocycles. The third kappa shape index (κ3) is 3.15. The van der Waals surface area contributed by atoms with Crippen molar-refractivity contribution in [3.8, 4) is 0 Å². The molecular weight excluding hydrogens is 262 g/mol. The van der Waals surface area contributed by atoms with Gasteiger partial charge < -0.3 is 9.47 Å². The summed E-state index contributed by atoms with van der Waals surface area (Å²) in [6.07, 6.45) is 6.36. The van der Waals surface area contributed by atoms with Gasteiger partial charge in [0.15, 0.2) is 0 Å². The van der Waals surface area contributed by atoms with E-state index in [0.717, 1.165) is 31.8 Å². The van der Waals surface area contributed by atoms with E-state index in [2.05, 4.69) is 21.7 Å². The second-order valence-corrected chi connectivity index (χ2v) is 5.67. The van der Waals surface area contributed by atoms with Gasteiger partial charge in [0, 0.05) is 31.9 Å². The molecule has 1 fully saturated rings. The lowest BCUT2D eigenvalue weighted by Gasteiger charge is -2.40. The van der Waals surface area contributed by atoms with Crippen LogP contribution in [-0.2, 0) is 11.2 Å². The van der Waals surface area contributed by atoms with Gasteiger partial charge in [-0.05, 0) is 25.3 Å². The summed E-state index contributed by atoms with van der Waals surface area (Å²) in [4.78, 5) is 18.3. The molecule has 4 nitrogen and oxygen atoms in total. The van der Waals surface area contributed by atoms with E-state index >= 15 is 0 Å². The van der Waals surface area contributed by atoms with E-state index in [1.54, 1.807) is 0 Å². The van der Waals surface area contributed by atoms with Gasteiger partial charge in [-0.25, -0.2) is 4.98 Å². The predicted molar refractivity (Wildman–Crippen MR) is 82.0 cm³/mol. The molecular formula is C17H21N3O. The van der Waals surface area contributed by atoms with Crippen LogP contribution in [0.1, 0.15) is 30.3 Å². The first kappa shape index (κ1) is 13.9. The molecule has 110 valence electrons. The van der Waals surface area contributed by atoms with Gasteiger partial charge in [-0.15, -0.1) is 0 Å². The Labute approximate surface area is 125 Å². The highest BCUT2D eigenvalue weighted by Crippen LogP contribution is 2.23. The molecule has 4 heteroatoms. The van der Waals surface area contributed by atoms with E-state index in [1.165, 1.54) is 5.56 Å². The standard InChI is InChI=1S/C17H21N3O/c1-14-18-10-11-20(14)16-12-19(13-16)17(21)9-5-8-15-6-3-2-4-7-15/h2-4,6-7,10-11,16H,5,8-9,12-13H2,1H3. The van der Waals surface area contributed by atoms with Crippen molar-refractivity contribution < 1.29 is 4.79 Å². The number of hydrogen-bond acceptors (Lipinski definition) is 2. The second kappa shape index (κ2) is 6.12. The summed E-state index contributed by atoms with van der Waals surface area (Å²) in [5.74, 6) is 1.30. The van der Waals surface area contributed by atoms with Gasteiger partial charge in [-0.1, -0.05) is 30.3 Å². The molecule has 1 saturated heterocycles. The molecule has 0 aliphatic carbocycles. The maximum absolute atomic E-state index is 12.1. The van der Waals surface area contributed by atoms with Crippen LogP contribution in [0.25, 0.3) is 0 Å². The number of benzene rings is 1. The van der Waals surface area contributed by atoms with E-state index in [-0.39, 0.29) is 5.91 Å². The molecule has 1 aliphatic heterocycles. The molecule has 0 atom stereocenters. The maximum atomic E-state index is 12.1. The van der Waals surface area contributed by atoms with E-state index in [4.69, 9.17) is 0 Å². The fraction of sp³-hybridized carbons (Fsp3) is 0.412. The Morgan fingerprint density at radius 2 is 2.05 bits per heavy atom. The average Bonchev–Trinajstić information content (AvgIpc) is 2.85. The van der Waals surface area contributed by atoms with Crippen molar-refractivity contribution in [2.45, 2.75) is 32.2 Å². The van der Waals surface area contributed by atoms with Crippen LogP contribution in [0.15, 0.2) is 42.7 Å². The van der Waals surface area contributed by atoms with Crippen LogP contribution >= 0.6 is 0 Å². The van der Waals surface area contributed by atoms with Crippen molar-refractivity contribution in [2.24, 2.45) is 0 Å². The second-order valence-electron chi connectivity index (χ2n) is 5.67. The normalized spacial score (nSPS) is 15.0. The van der Waals surface area contributed by atoms with Gasteiger partial charge in [-0.3, -0.25) is 4.79 Å². The van der Waals surface area contributed by atoms with Crippen molar-refractivity contribution in [3.63, 3.8) is 0 Å². The number of carbonyl (C=O) groups excluding carboxylic acids is 1. The molecule has 0 bridgehead atoms. The Morgan fingerprint density at radius 3 is 2.71 bits per heavy atom. The number of imidazole rings is 1. The minimum absolute atomic E-state index is 0.278. The van der Waals surface area contributed by atoms with Crippen molar-refractivity contribution >= 4 is 5.91 Å². The summed E-state index contributed by atoms with van der Waals surface area (Å²) in [5.41, 5.74) is 1.31. The molecule has 3 rings (SSSR count). The zero-order chi connectivity index (χ0) is 14.7. The highest BCUT2D eigenvalue weighted by atomic mass is 16.2. The molecule has 0 saturated carbocycles. The van der Waals surface area contributed by atoms with Gasteiger partial charge in [0.25, 0.3) is 0 Å². The minimum atomic E-state index is 0.278. The summed E-state index contributed by atoms with van der Waals surface area (Å²) in [7, 11) is 0. The van der Waals surface area contributed by atoms with Gasteiger partial charge >= 0.3 is 0 Å². The fourth-order valence-corrected chi connectivity index (χ4v) is 2.85. The molecule has 0 unspecified atom stereocenters. The van der Waals surface area contributed by atoms with Crippen LogP contribution in [0, 0.1) is 6.92 Å². The number of likely N-dealkylation sites (tertiary alicyclic amines) is 1. The Balaban J connectivity index is 1.41. The van der Waals surface area contributed by atoms with Gasteiger partial charge in [-0.2, -0.15) is 0 Å². The predicted octanol–water partition coefficient (Wildman–Crippen LogP) is 2.60. The Morgan fingerprint density at radius 1 is 1.29 bits per heavy atom. The first-order valence-corrected chi connectivity index (χ1v) is 7.55. The Hall–Kier alpha value is -2.10. The van der Waals surface area contributed by atoms with Crippen molar-refractivity contribution in [1.82, 2.24) is 14.5 Å². The quantitative estimate of drug-likeness (QED) is 0.846. The molecule has 0 spiro atoms. The lowest BCUT2D eigenvalue weighted by atomic mass is 10.0. The van der Waals surface area contributed by atoms with E-state index < -0.39 is 0 Å². The molecule has 2 heterocycles. The van der Waals surface area contributed by atoms with Crippen LogP contribution in [0.3, 0.4) is 0 Å². The monoisotopic (exact) mass is 283 g/mol. The smallest absolute Gasteiger partial charge is 0.222 e. The fourth-order valence-electron chi connectivity index (χ4n) is 2.85. The molecule has 0 radical (unpaired) electrons. The molecule has 2 aromatic rings. The van der Waals surface area contributed by atoms with Crippen molar-refractivity contribution in [1.29, 1.82) is 0 Å². The third-order valence-electron chi connectivity index (χ3n) is 4.17. The van der Waals surface area contributed by atoms with Gasteiger partial charge in [0.05, 0.1) is 6.04 Å². The minimum Gasteiger partial charge on any atom is -0.338 e. The van der Waals surface area contributed by atoms with Crippen LogP contribution in [0.4, 0.5) is 0 Å². The lowest BCUT2D eigenvalue weighted by Crippen LogP contribution is -2.50. The topological polar surface area (TPSA) is 38.1 Å². The first-order valence-electron chi connectivity index (χ1n) is 7.55. The maximum Gasteiger partial charge on any atom is 0.222 e. The number of aromatic nitrogens is 2. The average molecular weight is 283 g/mol. The van der Waals surface area contributed by atoms with E-state index in [9.17, 15) is 4.79 Å². The summed E-state index contributed by atoms with van der Waals surface area (Å²) in [6.45, 7) is 3.65. The largest absolute Gasteiger partial charge is 0.338 e. The number of amides is 1. The molecule has 1 amide bonds. The molecule has 21 heavy (non-hydrogen) atoms. The van der Waals surface area contributed by atoms with Crippen LogP contribution < -0.4 is 0 Å². The lowest BCUT2D eigenvalue weighted by molar-refractivity contribution is -0.137. The highest BCUT2D eigenvalue weighted by molar-refractivity contribution is 5.77. The summed E-state index contributed by atoms with van der Waals surface area (Å²) >= 11 is 0. The summed E-state index contributed by atoms with van der Waals surface area (Å²) in [6, 6.07) is 10.8. The van der Waals surface area contributed by atoms with Crippen LogP contribution in [0.5, 0.6) is 0 Å². The Kier molecular flexibility index (Phi) is 4.04. The number of rotatable bonds is 5. The zero-order valence-electron chi connectivity index (χ0n) is 12.4. The molecule has 0 N–H and O–H groups in total.